The van der Waals surface area contributed by atoms with Crippen molar-refractivity contribution in [1.29, 1.82) is 0 Å². The normalized spacial score (nSPS) is 11.3. The van der Waals surface area contributed by atoms with Gasteiger partial charge < -0.3 is 14.8 Å². The van der Waals surface area contributed by atoms with Crippen molar-refractivity contribution < 1.29 is 19.1 Å². The second kappa shape index (κ2) is 8.58. The highest BCUT2D eigenvalue weighted by Crippen LogP contribution is 2.11. The van der Waals surface area contributed by atoms with Crippen molar-refractivity contribution in [3.8, 4) is 5.75 Å². The topological polar surface area (TPSA) is 64.6 Å². The lowest BCUT2D eigenvalue weighted by Crippen LogP contribution is -2.32. The first-order valence-electron chi connectivity index (χ1n) is 7.34. The van der Waals surface area contributed by atoms with Crippen LogP contribution in [0.5, 0.6) is 5.75 Å². The minimum atomic E-state index is -0.778. The van der Waals surface area contributed by atoms with Gasteiger partial charge in [-0.25, -0.2) is 4.79 Å². The van der Waals surface area contributed by atoms with Crippen LogP contribution in [0.3, 0.4) is 0 Å². The SMILES string of the molecule is C[C@H](Oc1ccccc1)C(=O)OCC(=O)NCc1ccccc1. The van der Waals surface area contributed by atoms with E-state index in [1.807, 2.05) is 48.5 Å². The lowest BCUT2D eigenvalue weighted by atomic mass is 10.2. The van der Waals surface area contributed by atoms with E-state index >= 15 is 0 Å². The number of para-hydroxylation sites is 1. The molecule has 0 bridgehead atoms. The number of carbonyl (C=O) groups is 2. The van der Waals surface area contributed by atoms with E-state index in [1.54, 1.807) is 19.1 Å². The Kier molecular flexibility index (Phi) is 6.17. The van der Waals surface area contributed by atoms with Crippen LogP contribution in [0.4, 0.5) is 0 Å². The molecule has 1 N–H and O–H groups in total. The largest absolute Gasteiger partial charge is 0.479 e. The Balaban J connectivity index is 1.70. The molecule has 0 aromatic heterocycles. The van der Waals surface area contributed by atoms with Crippen molar-refractivity contribution >= 4 is 11.9 Å². The number of ether oxygens (including phenoxy) is 2. The predicted molar refractivity (Wildman–Crippen MR) is 85.8 cm³/mol. The summed E-state index contributed by atoms with van der Waals surface area (Å²) < 4.78 is 10.4. The molecule has 0 saturated carbocycles. The number of hydrogen-bond donors (Lipinski definition) is 1. The molecule has 1 atom stereocenters. The second-order valence-electron chi connectivity index (χ2n) is 4.94. The van der Waals surface area contributed by atoms with E-state index in [1.165, 1.54) is 0 Å². The Labute approximate surface area is 135 Å². The molecule has 0 unspecified atom stereocenters. The highest BCUT2D eigenvalue weighted by atomic mass is 16.6. The first kappa shape index (κ1) is 16.5. The van der Waals surface area contributed by atoms with E-state index in [0.29, 0.717) is 12.3 Å². The number of benzene rings is 2. The Hall–Kier alpha value is -2.82. The van der Waals surface area contributed by atoms with Crippen molar-refractivity contribution in [2.75, 3.05) is 6.61 Å². The van der Waals surface area contributed by atoms with Gasteiger partial charge in [-0.2, -0.15) is 0 Å². The number of hydrogen-bond acceptors (Lipinski definition) is 4. The third-order valence-corrected chi connectivity index (χ3v) is 3.07. The first-order valence-corrected chi connectivity index (χ1v) is 7.34. The molecule has 2 aromatic carbocycles. The number of rotatable bonds is 7. The summed E-state index contributed by atoms with van der Waals surface area (Å²) in [6.07, 6.45) is -0.778. The third kappa shape index (κ3) is 5.82. The fraction of sp³-hybridized carbons (Fsp3) is 0.222. The lowest BCUT2D eigenvalue weighted by molar-refractivity contribution is -0.154. The van der Waals surface area contributed by atoms with E-state index in [-0.39, 0.29) is 12.5 Å². The summed E-state index contributed by atoms with van der Waals surface area (Å²) in [5, 5.41) is 2.69. The fourth-order valence-corrected chi connectivity index (χ4v) is 1.85. The van der Waals surface area contributed by atoms with Gasteiger partial charge in [-0.3, -0.25) is 4.79 Å². The van der Waals surface area contributed by atoms with Gasteiger partial charge in [0.15, 0.2) is 12.7 Å². The summed E-state index contributed by atoms with van der Waals surface area (Å²) in [5.74, 6) is -0.358. The van der Waals surface area contributed by atoms with Crippen LogP contribution in [0, 0.1) is 0 Å². The molecule has 120 valence electrons. The van der Waals surface area contributed by atoms with Crippen LogP contribution < -0.4 is 10.1 Å². The zero-order chi connectivity index (χ0) is 16.5. The average Bonchev–Trinajstić information content (AvgIpc) is 2.59. The van der Waals surface area contributed by atoms with Crippen LogP contribution >= 0.6 is 0 Å². The molecule has 23 heavy (non-hydrogen) atoms. The average molecular weight is 313 g/mol. The molecule has 1 amide bonds. The van der Waals surface area contributed by atoms with E-state index in [2.05, 4.69) is 5.32 Å². The smallest absolute Gasteiger partial charge is 0.347 e. The van der Waals surface area contributed by atoms with Crippen LogP contribution in [0.15, 0.2) is 60.7 Å². The summed E-state index contributed by atoms with van der Waals surface area (Å²) in [6.45, 7) is 1.65. The maximum atomic E-state index is 11.8. The maximum Gasteiger partial charge on any atom is 0.347 e. The number of carbonyl (C=O) groups excluding carboxylic acids is 2. The quantitative estimate of drug-likeness (QED) is 0.797. The van der Waals surface area contributed by atoms with Crippen LogP contribution in [0.1, 0.15) is 12.5 Å². The highest BCUT2D eigenvalue weighted by molar-refractivity contribution is 5.81. The second-order valence-corrected chi connectivity index (χ2v) is 4.94. The van der Waals surface area contributed by atoms with E-state index < -0.39 is 12.1 Å². The summed E-state index contributed by atoms with van der Waals surface area (Å²) in [6, 6.07) is 18.5. The first-order chi connectivity index (χ1) is 11.1. The molecule has 5 nitrogen and oxygen atoms in total. The van der Waals surface area contributed by atoms with Gasteiger partial charge in [0, 0.05) is 6.54 Å². The van der Waals surface area contributed by atoms with Crippen LogP contribution in [-0.2, 0) is 20.9 Å². The fourth-order valence-electron chi connectivity index (χ4n) is 1.85. The maximum absolute atomic E-state index is 11.8. The minimum absolute atomic E-state index is 0.325. The van der Waals surface area contributed by atoms with Crippen LogP contribution in [-0.4, -0.2) is 24.6 Å². The summed E-state index contributed by atoms with van der Waals surface area (Å²) in [4.78, 5) is 23.5. The molecular weight excluding hydrogens is 294 g/mol. The van der Waals surface area contributed by atoms with Gasteiger partial charge in [0.2, 0.25) is 0 Å². The van der Waals surface area contributed by atoms with Crippen molar-refractivity contribution in [3.63, 3.8) is 0 Å². The van der Waals surface area contributed by atoms with Crippen LogP contribution in [0.25, 0.3) is 0 Å². The molecule has 0 aliphatic rings. The zero-order valence-corrected chi connectivity index (χ0v) is 12.9. The van der Waals surface area contributed by atoms with Gasteiger partial charge in [0.05, 0.1) is 0 Å². The van der Waals surface area contributed by atoms with Crippen molar-refractivity contribution in [2.24, 2.45) is 0 Å². The van der Waals surface area contributed by atoms with E-state index in [4.69, 9.17) is 9.47 Å². The summed E-state index contributed by atoms with van der Waals surface area (Å²) >= 11 is 0. The molecular formula is C18H19NO4. The molecule has 0 saturated heterocycles. The van der Waals surface area contributed by atoms with E-state index in [0.717, 1.165) is 5.56 Å². The van der Waals surface area contributed by atoms with Gasteiger partial charge in [-0.05, 0) is 24.6 Å². The van der Waals surface area contributed by atoms with Gasteiger partial charge in [0.25, 0.3) is 5.91 Å². The molecule has 0 aliphatic carbocycles. The minimum Gasteiger partial charge on any atom is -0.479 e. The summed E-state index contributed by atoms with van der Waals surface area (Å²) in [5.41, 5.74) is 0.980. The standard InChI is InChI=1S/C18H19NO4/c1-14(23-16-10-6-3-7-11-16)18(21)22-13-17(20)19-12-15-8-4-2-5-9-15/h2-11,14H,12-13H2,1H3,(H,19,20)/t14-/m0/s1. The molecule has 2 aromatic rings. The van der Waals surface area contributed by atoms with E-state index in [9.17, 15) is 9.59 Å². The predicted octanol–water partition coefficient (Wildman–Crippen LogP) is 2.31. The van der Waals surface area contributed by atoms with Crippen molar-refractivity contribution in [3.05, 3.63) is 66.2 Å². The van der Waals surface area contributed by atoms with Crippen molar-refractivity contribution in [2.45, 2.75) is 19.6 Å². The molecule has 2 rings (SSSR count). The Morgan fingerprint density at radius 2 is 1.61 bits per heavy atom. The van der Waals surface area contributed by atoms with Crippen LogP contribution in [0.2, 0.25) is 0 Å². The zero-order valence-electron chi connectivity index (χ0n) is 12.9. The molecule has 0 fully saturated rings. The molecule has 0 radical (unpaired) electrons. The lowest BCUT2D eigenvalue weighted by Gasteiger charge is -2.13. The number of amides is 1. The van der Waals surface area contributed by atoms with Gasteiger partial charge in [0.1, 0.15) is 5.75 Å². The molecule has 0 spiro atoms. The molecule has 0 aliphatic heterocycles. The van der Waals surface area contributed by atoms with Gasteiger partial charge >= 0.3 is 5.97 Å². The number of nitrogens with one attached hydrogen (secondary N) is 1. The van der Waals surface area contributed by atoms with Gasteiger partial charge in [-0.1, -0.05) is 48.5 Å². The Morgan fingerprint density at radius 1 is 1.00 bits per heavy atom. The Morgan fingerprint density at radius 3 is 2.26 bits per heavy atom. The molecule has 5 heteroatoms. The van der Waals surface area contributed by atoms with Gasteiger partial charge in [-0.15, -0.1) is 0 Å². The number of esters is 1. The monoisotopic (exact) mass is 313 g/mol. The van der Waals surface area contributed by atoms with Crippen molar-refractivity contribution in [1.82, 2.24) is 5.32 Å². The molecule has 0 heterocycles. The third-order valence-electron chi connectivity index (χ3n) is 3.07. The summed E-state index contributed by atoms with van der Waals surface area (Å²) in [7, 11) is 0. The highest BCUT2D eigenvalue weighted by Gasteiger charge is 2.17. The Bertz CT molecular complexity index is 628.